The molecular weight excluding hydrogens is 330 g/mol. The molecule has 0 spiro atoms. The minimum Gasteiger partial charge on any atom is -0.310 e. The second-order valence-electron chi connectivity index (χ2n) is 4.60. The van der Waals surface area contributed by atoms with Crippen molar-refractivity contribution in [2.24, 2.45) is 0 Å². The Hall–Kier alpha value is -0.350. The summed E-state index contributed by atoms with van der Waals surface area (Å²) in [4.78, 5) is 0. The van der Waals surface area contributed by atoms with Crippen LogP contribution in [0.4, 0.5) is 0 Å². The molecule has 4 heteroatoms. The first-order valence-electron chi connectivity index (χ1n) is 5.98. The molecule has 1 aliphatic rings. The third-order valence-electron chi connectivity index (χ3n) is 3.11. The van der Waals surface area contributed by atoms with Gasteiger partial charge in [-0.2, -0.15) is 11.3 Å². The molecule has 0 radical (unpaired) electrons. The second kappa shape index (κ2) is 5.33. The Morgan fingerprint density at radius 2 is 2.11 bits per heavy atom. The summed E-state index contributed by atoms with van der Waals surface area (Å²) in [7, 11) is 0. The molecule has 3 rings (SSSR count). The van der Waals surface area contributed by atoms with Gasteiger partial charge >= 0.3 is 0 Å². The Labute approximate surface area is 124 Å². The fourth-order valence-corrected chi connectivity index (χ4v) is 3.72. The van der Waals surface area contributed by atoms with Gasteiger partial charge in [0.1, 0.15) is 0 Å². The van der Waals surface area contributed by atoms with Crippen LogP contribution in [0.15, 0.2) is 33.4 Å². The summed E-state index contributed by atoms with van der Waals surface area (Å²) in [5, 5.41) is 8.52. The number of hydrogen-bond donors (Lipinski definition) is 1. The van der Waals surface area contributed by atoms with Gasteiger partial charge in [-0.3, -0.25) is 0 Å². The maximum absolute atomic E-state index is 6.38. The van der Waals surface area contributed by atoms with Gasteiger partial charge in [-0.05, 0) is 45.8 Å². The molecule has 1 N–H and O–H groups in total. The summed E-state index contributed by atoms with van der Waals surface area (Å²) in [5.74, 6) is 0. The number of benzene rings is 1. The number of hydrogen-bond acceptors (Lipinski definition) is 2. The molecule has 0 unspecified atom stereocenters. The van der Waals surface area contributed by atoms with E-state index in [1.807, 2.05) is 0 Å². The molecule has 1 saturated carbocycles. The third-order valence-corrected chi connectivity index (χ3v) is 5.13. The first-order chi connectivity index (χ1) is 8.74. The third kappa shape index (κ3) is 2.80. The maximum atomic E-state index is 6.38. The van der Waals surface area contributed by atoms with Crippen LogP contribution in [0, 0.1) is 0 Å². The zero-order valence-electron chi connectivity index (χ0n) is 9.75. The van der Waals surface area contributed by atoms with Gasteiger partial charge in [-0.15, -0.1) is 0 Å². The van der Waals surface area contributed by atoms with Gasteiger partial charge in [0.25, 0.3) is 0 Å². The molecule has 18 heavy (non-hydrogen) atoms. The number of nitrogens with one attached hydrogen (secondary N) is 1. The van der Waals surface area contributed by atoms with Crippen molar-refractivity contribution < 1.29 is 0 Å². The van der Waals surface area contributed by atoms with Crippen molar-refractivity contribution in [3.8, 4) is 11.1 Å². The van der Waals surface area contributed by atoms with Crippen LogP contribution in [0.1, 0.15) is 18.4 Å². The minimum atomic E-state index is 0.731. The van der Waals surface area contributed by atoms with Crippen molar-refractivity contribution in [2.45, 2.75) is 25.4 Å². The lowest BCUT2D eigenvalue weighted by Crippen LogP contribution is -2.15. The van der Waals surface area contributed by atoms with Crippen molar-refractivity contribution in [3.63, 3.8) is 0 Å². The van der Waals surface area contributed by atoms with Crippen molar-refractivity contribution in [1.29, 1.82) is 0 Å². The molecule has 1 heterocycles. The van der Waals surface area contributed by atoms with E-state index in [1.54, 1.807) is 11.3 Å². The van der Waals surface area contributed by atoms with E-state index < -0.39 is 0 Å². The highest BCUT2D eigenvalue weighted by molar-refractivity contribution is 9.10. The Morgan fingerprint density at radius 3 is 2.72 bits per heavy atom. The van der Waals surface area contributed by atoms with Gasteiger partial charge in [0.2, 0.25) is 0 Å². The summed E-state index contributed by atoms with van der Waals surface area (Å²) in [6.07, 6.45) is 2.63. The monoisotopic (exact) mass is 341 g/mol. The zero-order chi connectivity index (χ0) is 12.5. The zero-order valence-corrected chi connectivity index (χ0v) is 12.9. The average molecular weight is 343 g/mol. The van der Waals surface area contributed by atoms with E-state index in [2.05, 4.69) is 50.2 Å². The van der Waals surface area contributed by atoms with Crippen LogP contribution in [-0.4, -0.2) is 6.04 Å². The average Bonchev–Trinajstić information content (AvgIpc) is 3.09. The Morgan fingerprint density at radius 1 is 1.28 bits per heavy atom. The van der Waals surface area contributed by atoms with Crippen LogP contribution in [0.2, 0.25) is 5.02 Å². The quantitative estimate of drug-likeness (QED) is 0.816. The van der Waals surface area contributed by atoms with Gasteiger partial charge in [0.05, 0.1) is 0 Å². The Kier molecular flexibility index (Phi) is 3.76. The van der Waals surface area contributed by atoms with Crippen molar-refractivity contribution in [3.05, 3.63) is 44.0 Å². The number of thiophene rings is 1. The lowest BCUT2D eigenvalue weighted by molar-refractivity contribution is 0.688. The van der Waals surface area contributed by atoms with Gasteiger partial charge in [-0.25, -0.2) is 0 Å². The van der Waals surface area contributed by atoms with Crippen LogP contribution < -0.4 is 5.32 Å². The Bertz CT molecular complexity index is 563. The van der Waals surface area contributed by atoms with Crippen molar-refractivity contribution in [1.82, 2.24) is 5.32 Å². The first kappa shape index (κ1) is 12.7. The van der Waals surface area contributed by atoms with Crippen LogP contribution in [0.5, 0.6) is 0 Å². The lowest BCUT2D eigenvalue weighted by atomic mass is 10.1. The standard InChI is InChI=1S/C14H13BrClNS/c15-13-8-18-7-12(13)11-4-1-9(5-14(11)16)6-17-10-2-3-10/h1,4-5,7-8,10,17H,2-3,6H2. The van der Waals surface area contributed by atoms with E-state index in [1.165, 1.54) is 24.0 Å². The largest absolute Gasteiger partial charge is 0.310 e. The predicted molar refractivity (Wildman–Crippen MR) is 82.3 cm³/mol. The molecule has 0 aliphatic heterocycles. The normalized spacial score (nSPS) is 15.0. The predicted octanol–water partition coefficient (Wildman–Crippen LogP) is 5.08. The van der Waals surface area contributed by atoms with Gasteiger partial charge < -0.3 is 5.32 Å². The van der Waals surface area contributed by atoms with Gasteiger partial charge in [-0.1, -0.05) is 23.7 Å². The smallest absolute Gasteiger partial charge is 0.0488 e. The van der Waals surface area contributed by atoms with Crippen LogP contribution in [0.3, 0.4) is 0 Å². The maximum Gasteiger partial charge on any atom is 0.0488 e. The van der Waals surface area contributed by atoms with Crippen molar-refractivity contribution >= 4 is 38.9 Å². The summed E-state index contributed by atoms with van der Waals surface area (Å²) >= 11 is 11.6. The van der Waals surface area contributed by atoms with Gasteiger partial charge in [0.15, 0.2) is 0 Å². The summed E-state index contributed by atoms with van der Waals surface area (Å²) in [6.45, 7) is 0.912. The molecular formula is C14H13BrClNS. The molecule has 1 fully saturated rings. The second-order valence-corrected chi connectivity index (χ2v) is 6.61. The lowest BCUT2D eigenvalue weighted by Gasteiger charge is -2.07. The molecule has 1 aliphatic carbocycles. The van der Waals surface area contributed by atoms with E-state index in [-0.39, 0.29) is 0 Å². The van der Waals surface area contributed by atoms with Gasteiger partial charge in [0, 0.05) is 38.6 Å². The minimum absolute atomic E-state index is 0.731. The van der Waals surface area contributed by atoms with E-state index in [9.17, 15) is 0 Å². The van der Waals surface area contributed by atoms with Crippen LogP contribution in [-0.2, 0) is 6.54 Å². The Balaban J connectivity index is 1.82. The molecule has 0 saturated heterocycles. The van der Waals surface area contributed by atoms with Crippen LogP contribution in [0.25, 0.3) is 11.1 Å². The molecule has 1 nitrogen and oxygen atoms in total. The molecule has 94 valence electrons. The van der Waals surface area contributed by atoms with Crippen molar-refractivity contribution in [2.75, 3.05) is 0 Å². The summed E-state index contributed by atoms with van der Waals surface area (Å²) in [6, 6.07) is 7.06. The molecule has 0 amide bonds. The highest BCUT2D eigenvalue weighted by Crippen LogP contribution is 2.36. The fourth-order valence-electron chi connectivity index (χ4n) is 1.91. The van der Waals surface area contributed by atoms with Crippen LogP contribution >= 0.6 is 38.9 Å². The van der Waals surface area contributed by atoms with E-state index in [0.29, 0.717) is 0 Å². The highest BCUT2D eigenvalue weighted by atomic mass is 79.9. The number of halogens is 2. The first-order valence-corrected chi connectivity index (χ1v) is 8.09. The summed E-state index contributed by atoms with van der Waals surface area (Å²) in [5.41, 5.74) is 3.52. The molecule has 0 atom stereocenters. The topological polar surface area (TPSA) is 12.0 Å². The highest BCUT2D eigenvalue weighted by Gasteiger charge is 2.20. The molecule has 1 aromatic heterocycles. The van der Waals surface area contributed by atoms with E-state index in [4.69, 9.17) is 11.6 Å². The van der Waals surface area contributed by atoms with E-state index >= 15 is 0 Å². The SMILES string of the molecule is Clc1cc(CNC2CC2)ccc1-c1cscc1Br. The number of rotatable bonds is 4. The molecule has 1 aromatic carbocycles. The summed E-state index contributed by atoms with van der Waals surface area (Å²) < 4.78 is 1.11. The fraction of sp³-hybridized carbons (Fsp3) is 0.286. The van der Waals surface area contributed by atoms with E-state index in [0.717, 1.165) is 27.6 Å². The molecule has 2 aromatic rings. The molecule has 0 bridgehead atoms.